The Hall–Kier alpha value is -0.780. The molecule has 1 amide bonds. The lowest BCUT2D eigenvalue weighted by Crippen LogP contribution is -2.42. The van der Waals surface area contributed by atoms with Gasteiger partial charge in [-0.15, -0.1) is 24.0 Å². The first-order chi connectivity index (χ1) is 11.7. The van der Waals surface area contributed by atoms with Crippen LogP contribution in [0, 0.1) is 5.92 Å². The fraction of sp³-hybridized carbons (Fsp3) is 0.875. The lowest BCUT2D eigenvalue weighted by molar-refractivity contribution is -0.157. The van der Waals surface area contributed by atoms with Crippen LogP contribution in [0.2, 0.25) is 0 Å². The first kappa shape index (κ1) is 25.2. The van der Waals surface area contributed by atoms with Crippen molar-refractivity contribution in [2.45, 2.75) is 32.4 Å². The zero-order valence-electron chi connectivity index (χ0n) is 15.6. The van der Waals surface area contributed by atoms with Crippen molar-refractivity contribution in [1.29, 1.82) is 0 Å². The van der Waals surface area contributed by atoms with Crippen LogP contribution >= 0.6 is 24.0 Å². The van der Waals surface area contributed by atoms with Crippen LogP contribution in [0.25, 0.3) is 0 Å². The number of nitrogens with one attached hydrogen (secondary N) is 1. The molecule has 0 aromatic carbocycles. The van der Waals surface area contributed by atoms with Crippen LogP contribution in [0.15, 0.2) is 4.99 Å². The van der Waals surface area contributed by atoms with E-state index in [1.807, 2.05) is 18.9 Å². The Morgan fingerprint density at radius 2 is 1.85 bits per heavy atom. The highest BCUT2D eigenvalue weighted by Gasteiger charge is 2.31. The van der Waals surface area contributed by atoms with Crippen molar-refractivity contribution in [3.63, 3.8) is 0 Å². The second-order valence-corrected chi connectivity index (χ2v) is 6.30. The summed E-state index contributed by atoms with van der Waals surface area (Å²) in [6.07, 6.45) is -1.32. The van der Waals surface area contributed by atoms with E-state index in [-0.39, 0.29) is 30.5 Å². The molecule has 0 radical (unpaired) electrons. The molecule has 0 aromatic rings. The van der Waals surface area contributed by atoms with Gasteiger partial charge in [-0.25, -0.2) is 4.99 Å². The molecule has 0 bridgehead atoms. The second-order valence-electron chi connectivity index (χ2n) is 6.30. The van der Waals surface area contributed by atoms with Crippen molar-refractivity contribution in [3.8, 4) is 0 Å². The number of halogens is 4. The number of hydrogen-bond donors (Lipinski definition) is 1. The lowest BCUT2D eigenvalue weighted by Gasteiger charge is -2.27. The average molecular weight is 494 g/mol. The molecule has 10 heteroatoms. The molecule has 1 aliphatic heterocycles. The number of carbonyl (C=O) groups excluding carboxylic acids is 1. The Labute approximate surface area is 170 Å². The Kier molecular flexibility index (Phi) is 12.2. The third-order valence-corrected chi connectivity index (χ3v) is 4.12. The van der Waals surface area contributed by atoms with Crippen LogP contribution in [0.3, 0.4) is 0 Å². The Morgan fingerprint density at radius 3 is 2.38 bits per heavy atom. The molecule has 1 aliphatic rings. The molecular weight excluding hydrogens is 464 g/mol. The fourth-order valence-corrected chi connectivity index (χ4v) is 2.61. The van der Waals surface area contributed by atoms with Crippen LogP contribution in [-0.4, -0.2) is 81.3 Å². The molecule has 26 heavy (non-hydrogen) atoms. The van der Waals surface area contributed by atoms with Gasteiger partial charge in [0.05, 0.1) is 0 Å². The summed E-state index contributed by atoms with van der Waals surface area (Å²) in [5.41, 5.74) is 0. The van der Waals surface area contributed by atoms with E-state index < -0.39 is 18.6 Å². The molecule has 0 saturated carbocycles. The number of likely N-dealkylation sites (N-methyl/N-ethyl adjacent to an activating group) is 1. The second kappa shape index (κ2) is 12.6. The van der Waals surface area contributed by atoms with Crippen molar-refractivity contribution in [2.24, 2.45) is 10.9 Å². The number of ether oxygens (including phenoxy) is 1. The summed E-state index contributed by atoms with van der Waals surface area (Å²) in [4.78, 5) is 18.6. The zero-order chi connectivity index (χ0) is 18.9. The standard InChI is InChI=1S/C16H29F3N4O2.HI/c1-4-20-15(21-11-14(24)23(3)12-16(17,18)19)22(2)8-5-13-6-9-25-10-7-13;/h13H,4-12H2,1-3H3,(H,20,21);1H. The van der Waals surface area contributed by atoms with E-state index >= 15 is 0 Å². The van der Waals surface area contributed by atoms with Gasteiger partial charge in [-0.3, -0.25) is 4.79 Å². The molecule has 1 heterocycles. The average Bonchev–Trinajstić information content (AvgIpc) is 2.55. The molecule has 1 rings (SSSR count). The van der Waals surface area contributed by atoms with Gasteiger partial charge in [0, 0.05) is 40.4 Å². The third kappa shape index (κ3) is 10.4. The predicted molar refractivity (Wildman–Crippen MR) is 106 cm³/mol. The van der Waals surface area contributed by atoms with E-state index in [4.69, 9.17) is 4.74 Å². The van der Waals surface area contributed by atoms with Gasteiger partial charge in [0.1, 0.15) is 13.1 Å². The highest BCUT2D eigenvalue weighted by molar-refractivity contribution is 14.0. The molecule has 154 valence electrons. The fourth-order valence-electron chi connectivity index (χ4n) is 2.61. The number of aliphatic imine (C=N–C) groups is 1. The van der Waals surface area contributed by atoms with Gasteiger partial charge in [-0.1, -0.05) is 0 Å². The molecular formula is C16H30F3IN4O2. The number of rotatable bonds is 7. The van der Waals surface area contributed by atoms with Crippen LogP contribution < -0.4 is 5.32 Å². The van der Waals surface area contributed by atoms with E-state index in [2.05, 4.69) is 10.3 Å². The minimum atomic E-state index is -4.40. The smallest absolute Gasteiger partial charge is 0.381 e. The van der Waals surface area contributed by atoms with Crippen molar-refractivity contribution >= 4 is 35.8 Å². The minimum absolute atomic E-state index is 0. The summed E-state index contributed by atoms with van der Waals surface area (Å²) in [6, 6.07) is 0. The molecule has 6 nitrogen and oxygen atoms in total. The molecule has 0 aromatic heterocycles. The number of nitrogens with zero attached hydrogens (tertiary/aromatic N) is 3. The molecule has 1 saturated heterocycles. The predicted octanol–water partition coefficient (Wildman–Crippen LogP) is 2.34. The van der Waals surface area contributed by atoms with E-state index in [1.54, 1.807) is 0 Å². The largest absolute Gasteiger partial charge is 0.406 e. The third-order valence-electron chi connectivity index (χ3n) is 4.12. The molecule has 1 N–H and O–H groups in total. The van der Waals surface area contributed by atoms with Gasteiger partial charge in [-0.2, -0.15) is 13.2 Å². The minimum Gasteiger partial charge on any atom is -0.381 e. The Morgan fingerprint density at radius 1 is 1.23 bits per heavy atom. The highest BCUT2D eigenvalue weighted by Crippen LogP contribution is 2.18. The maximum Gasteiger partial charge on any atom is 0.406 e. The lowest BCUT2D eigenvalue weighted by atomic mass is 9.96. The summed E-state index contributed by atoms with van der Waals surface area (Å²) in [5, 5.41) is 3.07. The van der Waals surface area contributed by atoms with Crippen molar-refractivity contribution in [3.05, 3.63) is 0 Å². The van der Waals surface area contributed by atoms with Gasteiger partial charge in [0.2, 0.25) is 5.91 Å². The van der Waals surface area contributed by atoms with Gasteiger partial charge in [0.15, 0.2) is 5.96 Å². The molecule has 0 atom stereocenters. The Bertz CT molecular complexity index is 444. The van der Waals surface area contributed by atoms with Crippen LogP contribution in [0.5, 0.6) is 0 Å². The van der Waals surface area contributed by atoms with Crippen molar-refractivity contribution in [2.75, 3.05) is 53.5 Å². The first-order valence-corrected chi connectivity index (χ1v) is 8.60. The van der Waals surface area contributed by atoms with E-state index in [0.717, 1.165) is 46.1 Å². The maximum absolute atomic E-state index is 12.3. The van der Waals surface area contributed by atoms with E-state index in [0.29, 0.717) is 23.3 Å². The zero-order valence-corrected chi connectivity index (χ0v) is 18.0. The van der Waals surface area contributed by atoms with E-state index in [1.165, 1.54) is 0 Å². The number of hydrogen-bond acceptors (Lipinski definition) is 3. The molecule has 0 unspecified atom stereocenters. The number of carbonyl (C=O) groups is 1. The number of amides is 1. The highest BCUT2D eigenvalue weighted by atomic mass is 127. The molecule has 0 aliphatic carbocycles. The van der Waals surface area contributed by atoms with Crippen LogP contribution in [-0.2, 0) is 9.53 Å². The summed E-state index contributed by atoms with van der Waals surface area (Å²) in [6.45, 7) is 3.30. The summed E-state index contributed by atoms with van der Waals surface area (Å²) < 4.78 is 42.3. The van der Waals surface area contributed by atoms with Gasteiger partial charge < -0.3 is 19.9 Å². The van der Waals surface area contributed by atoms with Crippen molar-refractivity contribution < 1.29 is 22.7 Å². The van der Waals surface area contributed by atoms with E-state index in [9.17, 15) is 18.0 Å². The SMILES string of the molecule is CCNC(=NCC(=O)N(C)CC(F)(F)F)N(C)CCC1CCOCC1.I. The summed E-state index contributed by atoms with van der Waals surface area (Å²) in [5.74, 6) is 0.479. The van der Waals surface area contributed by atoms with Crippen LogP contribution in [0.4, 0.5) is 13.2 Å². The van der Waals surface area contributed by atoms with Crippen LogP contribution in [0.1, 0.15) is 26.2 Å². The normalized spacial score (nSPS) is 16.0. The molecule has 0 spiro atoms. The Balaban J connectivity index is 0.00000625. The monoisotopic (exact) mass is 494 g/mol. The first-order valence-electron chi connectivity index (χ1n) is 8.60. The van der Waals surface area contributed by atoms with Crippen molar-refractivity contribution in [1.82, 2.24) is 15.1 Å². The topological polar surface area (TPSA) is 57.2 Å². The quantitative estimate of drug-likeness (QED) is 0.336. The summed E-state index contributed by atoms with van der Waals surface area (Å²) >= 11 is 0. The van der Waals surface area contributed by atoms with Gasteiger partial charge >= 0.3 is 6.18 Å². The molecule has 1 fully saturated rings. The van der Waals surface area contributed by atoms with Gasteiger partial charge in [0.25, 0.3) is 0 Å². The summed E-state index contributed by atoms with van der Waals surface area (Å²) in [7, 11) is 3.00. The number of guanidine groups is 1. The maximum atomic E-state index is 12.3. The van der Waals surface area contributed by atoms with Gasteiger partial charge in [-0.05, 0) is 32.1 Å². The number of alkyl halides is 3.